The van der Waals surface area contributed by atoms with Crippen LogP contribution in [0.4, 0.5) is 0 Å². The van der Waals surface area contributed by atoms with Gasteiger partial charge in [-0.15, -0.1) is 0 Å². The molecule has 14 heavy (non-hydrogen) atoms. The van der Waals surface area contributed by atoms with Gasteiger partial charge in [-0.1, -0.05) is 26.2 Å². The largest absolute Gasteiger partial charge is 0.261 e. The highest BCUT2D eigenvalue weighted by atomic mass is 14.7. The maximum Gasteiger partial charge on any atom is 0.0435 e. The smallest absolute Gasteiger partial charge is 0.0435 e. The minimum absolute atomic E-state index is 1.06. The van der Waals surface area contributed by atoms with Crippen LogP contribution in [0.3, 0.4) is 0 Å². The summed E-state index contributed by atoms with van der Waals surface area (Å²) in [4.78, 5) is 4.42. The van der Waals surface area contributed by atoms with Crippen molar-refractivity contribution < 1.29 is 0 Å². The summed E-state index contributed by atoms with van der Waals surface area (Å²) in [6.45, 7) is 8.16. The molecule has 0 spiro atoms. The van der Waals surface area contributed by atoms with E-state index in [1.807, 2.05) is 6.20 Å². The van der Waals surface area contributed by atoms with E-state index in [-0.39, 0.29) is 0 Å². The third-order valence-electron chi connectivity index (χ3n) is 2.74. The first kappa shape index (κ1) is 11.2. The van der Waals surface area contributed by atoms with Crippen LogP contribution in [0.2, 0.25) is 0 Å². The average Bonchev–Trinajstić information content (AvgIpc) is 2.19. The molecule has 0 amide bonds. The summed E-state index contributed by atoms with van der Waals surface area (Å²) in [7, 11) is 0. The van der Waals surface area contributed by atoms with Crippen molar-refractivity contribution in [1.29, 1.82) is 0 Å². The fraction of sp³-hybridized carbons (Fsp3) is 0.538. The molecule has 0 aliphatic carbocycles. The molecule has 0 bridgehead atoms. The monoisotopic (exact) mass is 190 g/mol. The predicted molar refractivity (Wildman–Crippen MR) is 61.2 cm³/mol. The van der Waals surface area contributed by atoms with Crippen LogP contribution in [0.25, 0.3) is 0 Å². The quantitative estimate of drug-likeness (QED) is 0.646. The molecule has 0 unspecified atom stereocenters. The Balaban J connectivity index is 2.46. The van der Waals surface area contributed by atoms with Gasteiger partial charge in [-0.05, 0) is 43.9 Å². The summed E-state index contributed by atoms with van der Waals surface area (Å²) >= 11 is 0. The summed E-state index contributed by atoms with van der Waals surface area (Å²) < 4.78 is 0. The number of pyridine rings is 1. The number of unbranched alkanes of at least 4 members (excludes halogenated alkanes) is 3. The first-order valence-corrected chi connectivity index (χ1v) is 5.46. The second-order valence-electron chi connectivity index (χ2n) is 3.86. The summed E-state index contributed by atoms with van der Waals surface area (Å²) in [6.07, 6.45) is 7.85. The molecule has 1 aromatic rings. The molecule has 0 aliphatic heterocycles. The van der Waals surface area contributed by atoms with Crippen LogP contribution in [-0.2, 0) is 6.42 Å². The first-order chi connectivity index (χ1) is 6.75. The molecular formula is C13H20N. The second kappa shape index (κ2) is 5.79. The third-order valence-corrected chi connectivity index (χ3v) is 2.74. The molecule has 1 rings (SSSR count). The maximum absolute atomic E-state index is 4.42. The molecule has 1 heteroatoms. The summed E-state index contributed by atoms with van der Waals surface area (Å²) in [5, 5.41) is 0. The standard InChI is InChI=1S/C13H20N/c1-4-5-6-7-8-13-12(3)11(2)9-10-14-13/h9-10H,1,4-8H2,2-3H3. The van der Waals surface area contributed by atoms with Crippen molar-refractivity contribution in [2.75, 3.05) is 0 Å². The fourth-order valence-corrected chi connectivity index (χ4v) is 1.59. The van der Waals surface area contributed by atoms with Gasteiger partial charge in [0.05, 0.1) is 0 Å². The Morgan fingerprint density at radius 3 is 2.71 bits per heavy atom. The summed E-state index contributed by atoms with van der Waals surface area (Å²) in [6, 6.07) is 2.08. The van der Waals surface area contributed by atoms with Crippen molar-refractivity contribution in [2.24, 2.45) is 0 Å². The van der Waals surface area contributed by atoms with E-state index in [1.54, 1.807) is 0 Å². The van der Waals surface area contributed by atoms with E-state index < -0.39 is 0 Å². The Bertz CT molecular complexity index is 279. The highest BCUT2D eigenvalue weighted by molar-refractivity contribution is 5.27. The van der Waals surface area contributed by atoms with Gasteiger partial charge < -0.3 is 0 Å². The zero-order valence-electron chi connectivity index (χ0n) is 9.34. The lowest BCUT2D eigenvalue weighted by Crippen LogP contribution is -1.96. The second-order valence-corrected chi connectivity index (χ2v) is 3.86. The van der Waals surface area contributed by atoms with Crippen LogP contribution in [0.15, 0.2) is 12.3 Å². The van der Waals surface area contributed by atoms with Gasteiger partial charge in [0.25, 0.3) is 0 Å². The van der Waals surface area contributed by atoms with Crippen LogP contribution in [-0.4, -0.2) is 4.98 Å². The molecule has 1 radical (unpaired) electrons. The van der Waals surface area contributed by atoms with Crippen LogP contribution in [0.1, 0.15) is 42.5 Å². The average molecular weight is 190 g/mol. The Kier molecular flexibility index (Phi) is 4.64. The summed E-state index contributed by atoms with van der Waals surface area (Å²) in [5.41, 5.74) is 3.99. The molecule has 0 aromatic carbocycles. The van der Waals surface area contributed by atoms with E-state index in [0.29, 0.717) is 0 Å². The molecule has 0 saturated heterocycles. The first-order valence-electron chi connectivity index (χ1n) is 5.46. The molecular weight excluding hydrogens is 170 g/mol. The molecule has 0 atom stereocenters. The van der Waals surface area contributed by atoms with Gasteiger partial charge in [0, 0.05) is 11.9 Å². The highest BCUT2D eigenvalue weighted by Gasteiger charge is 2.01. The van der Waals surface area contributed by atoms with Crippen molar-refractivity contribution in [3.8, 4) is 0 Å². The van der Waals surface area contributed by atoms with Gasteiger partial charge in [-0.3, -0.25) is 4.98 Å². The van der Waals surface area contributed by atoms with Crippen LogP contribution >= 0.6 is 0 Å². The minimum Gasteiger partial charge on any atom is -0.261 e. The Morgan fingerprint density at radius 1 is 1.21 bits per heavy atom. The van der Waals surface area contributed by atoms with Crippen molar-refractivity contribution in [3.05, 3.63) is 36.0 Å². The topological polar surface area (TPSA) is 12.9 Å². The van der Waals surface area contributed by atoms with Crippen LogP contribution < -0.4 is 0 Å². The van der Waals surface area contributed by atoms with Gasteiger partial charge in [0.15, 0.2) is 0 Å². The molecule has 0 aliphatic rings. The van der Waals surface area contributed by atoms with Gasteiger partial charge in [0.2, 0.25) is 0 Å². The zero-order valence-corrected chi connectivity index (χ0v) is 9.34. The van der Waals surface area contributed by atoms with E-state index in [2.05, 4.69) is 31.8 Å². The summed E-state index contributed by atoms with van der Waals surface area (Å²) in [5.74, 6) is 0. The normalized spacial score (nSPS) is 10.5. The van der Waals surface area contributed by atoms with Gasteiger partial charge >= 0.3 is 0 Å². The Morgan fingerprint density at radius 2 is 2.00 bits per heavy atom. The van der Waals surface area contributed by atoms with Crippen LogP contribution in [0, 0.1) is 20.8 Å². The number of nitrogens with zero attached hydrogens (tertiary/aromatic N) is 1. The number of hydrogen-bond donors (Lipinski definition) is 0. The number of hydrogen-bond acceptors (Lipinski definition) is 1. The van der Waals surface area contributed by atoms with Crippen molar-refractivity contribution in [2.45, 2.75) is 46.0 Å². The van der Waals surface area contributed by atoms with Gasteiger partial charge in [-0.25, -0.2) is 0 Å². The van der Waals surface area contributed by atoms with E-state index in [9.17, 15) is 0 Å². The molecule has 0 fully saturated rings. The Hall–Kier alpha value is -0.850. The van der Waals surface area contributed by atoms with Gasteiger partial charge in [0.1, 0.15) is 0 Å². The van der Waals surface area contributed by atoms with Crippen molar-refractivity contribution in [3.63, 3.8) is 0 Å². The van der Waals surface area contributed by atoms with E-state index in [1.165, 1.54) is 36.1 Å². The molecule has 1 heterocycles. The fourth-order valence-electron chi connectivity index (χ4n) is 1.59. The van der Waals surface area contributed by atoms with E-state index in [0.717, 1.165) is 12.8 Å². The van der Waals surface area contributed by atoms with Gasteiger partial charge in [-0.2, -0.15) is 0 Å². The maximum atomic E-state index is 4.42. The zero-order chi connectivity index (χ0) is 10.4. The molecule has 0 saturated carbocycles. The molecule has 0 N–H and O–H groups in total. The Labute approximate surface area is 87.6 Å². The van der Waals surface area contributed by atoms with E-state index >= 15 is 0 Å². The predicted octanol–water partition coefficient (Wildman–Crippen LogP) is 3.64. The number of aryl methyl sites for hydroxylation is 2. The molecule has 1 aromatic heterocycles. The number of rotatable bonds is 5. The van der Waals surface area contributed by atoms with Crippen molar-refractivity contribution >= 4 is 0 Å². The van der Waals surface area contributed by atoms with Crippen molar-refractivity contribution in [1.82, 2.24) is 4.98 Å². The molecule has 77 valence electrons. The lowest BCUT2D eigenvalue weighted by atomic mass is 10.0. The SMILES string of the molecule is [CH2]CCCCCc1nccc(C)c1C. The number of aromatic nitrogens is 1. The lowest BCUT2D eigenvalue weighted by molar-refractivity contribution is 0.676. The highest BCUT2D eigenvalue weighted by Crippen LogP contribution is 2.13. The lowest BCUT2D eigenvalue weighted by Gasteiger charge is -2.06. The van der Waals surface area contributed by atoms with E-state index in [4.69, 9.17) is 0 Å². The minimum atomic E-state index is 1.06. The van der Waals surface area contributed by atoms with Crippen LogP contribution in [0.5, 0.6) is 0 Å². The third kappa shape index (κ3) is 3.13. The molecule has 1 nitrogen and oxygen atoms in total.